The van der Waals surface area contributed by atoms with Gasteiger partial charge in [0.2, 0.25) is 0 Å². The predicted octanol–water partition coefficient (Wildman–Crippen LogP) is 7.44. The molecule has 0 saturated carbocycles. The van der Waals surface area contributed by atoms with Crippen molar-refractivity contribution >= 4 is 17.0 Å². The quantitative estimate of drug-likeness (QED) is 0.244. The summed E-state index contributed by atoms with van der Waals surface area (Å²) in [5.74, 6) is 0. The average molecular weight is 378 g/mol. The highest BCUT2D eigenvalue weighted by atomic mass is 79.9. The number of nitrogens with one attached hydrogen (secondary N) is 1. The normalized spacial score (nSPS) is 10.6. The van der Waals surface area contributed by atoms with Gasteiger partial charge in [0.1, 0.15) is 0 Å². The van der Waals surface area contributed by atoms with Crippen molar-refractivity contribution in [3.8, 4) is 0 Å². The van der Waals surface area contributed by atoms with Crippen molar-refractivity contribution in [2.45, 2.75) is 117 Å². The zero-order chi connectivity index (χ0) is 15.4. The summed E-state index contributed by atoms with van der Waals surface area (Å²) >= 11 is 0. The number of hydrogen-bond acceptors (Lipinski definition) is 1. The van der Waals surface area contributed by atoms with Gasteiger partial charge in [0.25, 0.3) is 0 Å². The van der Waals surface area contributed by atoms with E-state index in [0.29, 0.717) is 0 Å². The molecular weight excluding hydrogens is 334 g/mol. The van der Waals surface area contributed by atoms with Gasteiger partial charge in [0, 0.05) is 0 Å². The third-order valence-electron chi connectivity index (χ3n) is 4.41. The van der Waals surface area contributed by atoms with Crippen LogP contribution in [0.5, 0.6) is 0 Å². The van der Waals surface area contributed by atoms with Crippen LogP contribution in [0, 0.1) is 0 Å². The first-order chi connectivity index (χ1) is 10.4. The molecule has 0 spiro atoms. The fourth-order valence-corrected chi connectivity index (χ4v) is 2.87. The van der Waals surface area contributed by atoms with Gasteiger partial charge in [-0.15, -0.1) is 17.0 Å². The summed E-state index contributed by atoms with van der Waals surface area (Å²) < 4.78 is 0. The molecule has 0 rings (SSSR count). The van der Waals surface area contributed by atoms with Gasteiger partial charge in [-0.3, -0.25) is 0 Å². The van der Waals surface area contributed by atoms with Crippen LogP contribution in [0.2, 0.25) is 0 Å². The van der Waals surface area contributed by atoms with Crippen LogP contribution in [-0.2, 0) is 0 Å². The summed E-state index contributed by atoms with van der Waals surface area (Å²) in [5, 5.41) is 3.53. The molecule has 22 heavy (non-hydrogen) atoms. The molecule has 0 unspecified atom stereocenters. The molecule has 0 bridgehead atoms. The third-order valence-corrected chi connectivity index (χ3v) is 4.41. The van der Waals surface area contributed by atoms with E-state index in [0.717, 1.165) is 0 Å². The molecule has 0 aliphatic heterocycles. The Kier molecular flexibility index (Phi) is 26.6. The standard InChI is InChI=1S/C20H43N.BrH/c1-3-5-7-8-9-10-11-12-13-14-15-16-17-18-20-21-19-6-4-2;/h21H,3-20H2,1-2H3;1H. The van der Waals surface area contributed by atoms with Gasteiger partial charge in [-0.1, -0.05) is 104 Å². The van der Waals surface area contributed by atoms with E-state index in [1.165, 1.54) is 116 Å². The SMILES string of the molecule is Br.CCCCCCCCCCCCCCCCNCCCC. The van der Waals surface area contributed by atoms with E-state index in [1.54, 1.807) is 0 Å². The molecule has 0 heterocycles. The molecule has 0 aromatic rings. The van der Waals surface area contributed by atoms with Crippen LogP contribution in [0.3, 0.4) is 0 Å². The zero-order valence-corrected chi connectivity index (χ0v) is 17.3. The highest BCUT2D eigenvalue weighted by Gasteiger charge is 1.94. The lowest BCUT2D eigenvalue weighted by molar-refractivity contribution is 0.528. The molecule has 0 atom stereocenters. The number of unbranched alkanes of at least 4 members (excludes halogenated alkanes) is 14. The second-order valence-corrected chi connectivity index (χ2v) is 6.70. The van der Waals surface area contributed by atoms with Crippen molar-refractivity contribution in [1.29, 1.82) is 0 Å². The Hall–Kier alpha value is 0.440. The van der Waals surface area contributed by atoms with Crippen LogP contribution in [0.15, 0.2) is 0 Å². The molecule has 0 aromatic carbocycles. The zero-order valence-electron chi connectivity index (χ0n) is 15.6. The average Bonchev–Trinajstić information content (AvgIpc) is 2.50. The van der Waals surface area contributed by atoms with E-state index < -0.39 is 0 Å². The Morgan fingerprint density at radius 3 is 1.14 bits per heavy atom. The molecule has 0 aliphatic rings. The molecule has 0 aliphatic carbocycles. The van der Waals surface area contributed by atoms with Gasteiger partial charge < -0.3 is 5.32 Å². The minimum absolute atomic E-state index is 0. The van der Waals surface area contributed by atoms with Gasteiger partial charge in [-0.05, 0) is 25.9 Å². The smallest absolute Gasteiger partial charge is 0.00489 e. The summed E-state index contributed by atoms with van der Waals surface area (Å²) in [6.07, 6.45) is 23.0. The van der Waals surface area contributed by atoms with Crippen molar-refractivity contribution in [3.63, 3.8) is 0 Å². The predicted molar refractivity (Wildman–Crippen MR) is 108 cm³/mol. The first-order valence-corrected chi connectivity index (χ1v) is 10.1. The monoisotopic (exact) mass is 377 g/mol. The van der Waals surface area contributed by atoms with Crippen LogP contribution >= 0.6 is 17.0 Å². The summed E-state index contributed by atoms with van der Waals surface area (Å²) in [6, 6.07) is 0. The Bertz CT molecular complexity index is 155. The molecule has 0 radical (unpaired) electrons. The highest BCUT2D eigenvalue weighted by molar-refractivity contribution is 8.93. The maximum Gasteiger partial charge on any atom is -0.00489 e. The van der Waals surface area contributed by atoms with Crippen LogP contribution in [0.25, 0.3) is 0 Å². The van der Waals surface area contributed by atoms with E-state index in [1.807, 2.05) is 0 Å². The Morgan fingerprint density at radius 1 is 0.409 bits per heavy atom. The van der Waals surface area contributed by atoms with Crippen LogP contribution in [0.1, 0.15) is 117 Å². The van der Waals surface area contributed by atoms with Crippen molar-refractivity contribution in [2.24, 2.45) is 0 Å². The number of halogens is 1. The van der Waals surface area contributed by atoms with Crippen molar-refractivity contribution < 1.29 is 0 Å². The van der Waals surface area contributed by atoms with Gasteiger partial charge in [-0.2, -0.15) is 0 Å². The lowest BCUT2D eigenvalue weighted by Gasteiger charge is -2.04. The van der Waals surface area contributed by atoms with Crippen LogP contribution < -0.4 is 5.32 Å². The molecule has 0 aromatic heterocycles. The summed E-state index contributed by atoms with van der Waals surface area (Å²) in [5.41, 5.74) is 0. The number of hydrogen-bond donors (Lipinski definition) is 1. The van der Waals surface area contributed by atoms with Gasteiger partial charge in [0.05, 0.1) is 0 Å². The van der Waals surface area contributed by atoms with Crippen molar-refractivity contribution in [2.75, 3.05) is 13.1 Å². The molecule has 2 heteroatoms. The first-order valence-electron chi connectivity index (χ1n) is 10.1. The Morgan fingerprint density at radius 2 is 0.727 bits per heavy atom. The van der Waals surface area contributed by atoms with Crippen LogP contribution in [0.4, 0.5) is 0 Å². The highest BCUT2D eigenvalue weighted by Crippen LogP contribution is 2.12. The van der Waals surface area contributed by atoms with E-state index in [4.69, 9.17) is 0 Å². The molecule has 0 amide bonds. The minimum atomic E-state index is 0. The molecule has 1 N–H and O–H groups in total. The maximum atomic E-state index is 3.53. The van der Waals surface area contributed by atoms with Crippen LogP contribution in [-0.4, -0.2) is 13.1 Å². The second kappa shape index (κ2) is 23.7. The van der Waals surface area contributed by atoms with E-state index in [-0.39, 0.29) is 17.0 Å². The lowest BCUT2D eigenvalue weighted by Crippen LogP contribution is -2.16. The minimum Gasteiger partial charge on any atom is -0.317 e. The van der Waals surface area contributed by atoms with E-state index in [9.17, 15) is 0 Å². The fourth-order valence-electron chi connectivity index (χ4n) is 2.87. The summed E-state index contributed by atoms with van der Waals surface area (Å²) in [6.45, 7) is 7.00. The Balaban J connectivity index is 0. The maximum absolute atomic E-state index is 3.53. The summed E-state index contributed by atoms with van der Waals surface area (Å²) in [4.78, 5) is 0. The lowest BCUT2D eigenvalue weighted by atomic mass is 10.0. The van der Waals surface area contributed by atoms with E-state index >= 15 is 0 Å². The fraction of sp³-hybridized carbons (Fsp3) is 1.00. The molecule has 1 nitrogen and oxygen atoms in total. The first kappa shape index (κ1) is 24.7. The molecule has 136 valence electrons. The van der Waals surface area contributed by atoms with E-state index in [2.05, 4.69) is 19.2 Å². The molecular formula is C20H44BrN. The third kappa shape index (κ3) is 22.7. The van der Waals surface area contributed by atoms with Gasteiger partial charge >= 0.3 is 0 Å². The van der Waals surface area contributed by atoms with Crippen molar-refractivity contribution in [1.82, 2.24) is 5.32 Å². The second-order valence-electron chi connectivity index (χ2n) is 6.70. The summed E-state index contributed by atoms with van der Waals surface area (Å²) in [7, 11) is 0. The Labute approximate surface area is 152 Å². The van der Waals surface area contributed by atoms with Crippen molar-refractivity contribution in [3.05, 3.63) is 0 Å². The molecule has 0 fully saturated rings. The largest absolute Gasteiger partial charge is 0.317 e. The molecule has 0 saturated heterocycles. The number of rotatable bonds is 18. The van der Waals surface area contributed by atoms with Gasteiger partial charge in [0.15, 0.2) is 0 Å². The topological polar surface area (TPSA) is 12.0 Å². The van der Waals surface area contributed by atoms with Gasteiger partial charge in [-0.25, -0.2) is 0 Å².